The number of ether oxygens (including phenoxy) is 3. The highest BCUT2D eigenvalue weighted by Gasteiger charge is 2.19. The predicted molar refractivity (Wildman–Crippen MR) is 311 cm³/mol. The lowest BCUT2D eigenvalue weighted by Gasteiger charge is -2.18. The highest BCUT2D eigenvalue weighted by Crippen LogP contribution is 2.16. The Labute approximate surface area is 445 Å². The van der Waals surface area contributed by atoms with Crippen LogP contribution < -0.4 is 0 Å². The second-order valence-electron chi connectivity index (χ2n) is 19.9. The molecule has 6 heteroatoms. The molecule has 0 amide bonds. The van der Waals surface area contributed by atoms with Crippen LogP contribution in [0.5, 0.6) is 0 Å². The molecular weight excluding hydrogens is 889 g/mol. The van der Waals surface area contributed by atoms with Crippen molar-refractivity contribution in [2.24, 2.45) is 0 Å². The van der Waals surface area contributed by atoms with Crippen molar-refractivity contribution in [3.63, 3.8) is 0 Å². The van der Waals surface area contributed by atoms with Crippen LogP contribution in [0.15, 0.2) is 97.2 Å². The molecule has 0 aliphatic carbocycles. The molecule has 0 N–H and O–H groups in total. The van der Waals surface area contributed by atoms with Gasteiger partial charge in [-0.3, -0.25) is 14.4 Å². The summed E-state index contributed by atoms with van der Waals surface area (Å²) in [6.07, 6.45) is 80.1. The number of carbonyl (C=O) groups is 3. The summed E-state index contributed by atoms with van der Waals surface area (Å²) in [4.78, 5) is 38.1. The van der Waals surface area contributed by atoms with Gasteiger partial charge in [-0.05, 0) is 96.3 Å². The van der Waals surface area contributed by atoms with E-state index in [-0.39, 0.29) is 31.6 Å². The van der Waals surface area contributed by atoms with Gasteiger partial charge in [-0.15, -0.1) is 0 Å². The highest BCUT2D eigenvalue weighted by molar-refractivity contribution is 5.72. The molecule has 0 bridgehead atoms. The molecule has 6 nitrogen and oxygen atoms in total. The number of allylic oxidation sites excluding steroid dienone is 15. The first-order valence-corrected chi connectivity index (χ1v) is 30.2. The van der Waals surface area contributed by atoms with Crippen LogP contribution in [-0.2, 0) is 28.6 Å². The van der Waals surface area contributed by atoms with Gasteiger partial charge < -0.3 is 14.2 Å². The quantitative estimate of drug-likeness (QED) is 0.0261. The first-order chi connectivity index (χ1) is 35.5. The Bertz CT molecular complexity index is 1430. The minimum absolute atomic E-state index is 0.0928. The molecule has 1 unspecified atom stereocenters. The van der Waals surface area contributed by atoms with E-state index < -0.39 is 12.1 Å². The highest BCUT2D eigenvalue weighted by atomic mass is 16.6. The normalized spacial score (nSPS) is 12.8. The lowest BCUT2D eigenvalue weighted by molar-refractivity contribution is -0.166. The van der Waals surface area contributed by atoms with Gasteiger partial charge in [0.1, 0.15) is 13.2 Å². The van der Waals surface area contributed by atoms with Crippen molar-refractivity contribution in [1.82, 2.24) is 0 Å². The summed E-state index contributed by atoms with van der Waals surface area (Å²) in [6, 6.07) is 0. The van der Waals surface area contributed by atoms with E-state index in [1.54, 1.807) is 6.08 Å². The van der Waals surface area contributed by atoms with Crippen LogP contribution in [-0.4, -0.2) is 37.2 Å². The first kappa shape index (κ1) is 68.3. The van der Waals surface area contributed by atoms with Crippen LogP contribution in [0.1, 0.15) is 284 Å². The molecule has 0 aromatic carbocycles. The molecule has 0 heterocycles. The Balaban J connectivity index is 4.37. The zero-order valence-electron chi connectivity index (χ0n) is 47.2. The van der Waals surface area contributed by atoms with Gasteiger partial charge in [0.25, 0.3) is 0 Å². The minimum atomic E-state index is -0.838. The van der Waals surface area contributed by atoms with Crippen molar-refractivity contribution < 1.29 is 28.6 Å². The van der Waals surface area contributed by atoms with Crippen LogP contribution >= 0.6 is 0 Å². The second-order valence-corrected chi connectivity index (χ2v) is 19.9. The first-order valence-electron chi connectivity index (χ1n) is 30.2. The van der Waals surface area contributed by atoms with Crippen molar-refractivity contribution in [3.05, 3.63) is 97.2 Å². The number of carbonyl (C=O) groups excluding carboxylic acids is 3. The SMILES string of the molecule is CC/C=C\C/C=C\C/C=C\C/C=C\C/C=C\CC(=O)OC(COC(=O)CCCCCCC/C=C\C/C=C\CCCC)COC(=O)CCCCCCCCCCCCCCC/C=C\CCCCCCCCCC. The van der Waals surface area contributed by atoms with Gasteiger partial charge in [-0.25, -0.2) is 0 Å². The fourth-order valence-corrected chi connectivity index (χ4v) is 8.29. The summed E-state index contributed by atoms with van der Waals surface area (Å²) in [7, 11) is 0. The molecule has 0 aliphatic heterocycles. The van der Waals surface area contributed by atoms with E-state index in [0.717, 1.165) is 96.3 Å². The van der Waals surface area contributed by atoms with Crippen molar-refractivity contribution in [1.29, 1.82) is 0 Å². The fraction of sp³-hybridized carbons (Fsp3) is 0.712. The summed E-state index contributed by atoms with van der Waals surface area (Å²) in [5, 5.41) is 0. The molecule has 0 rings (SSSR count). The molecule has 0 saturated carbocycles. The summed E-state index contributed by atoms with van der Waals surface area (Å²) >= 11 is 0. The summed E-state index contributed by atoms with van der Waals surface area (Å²) in [6.45, 7) is 6.40. The largest absolute Gasteiger partial charge is 0.462 e. The van der Waals surface area contributed by atoms with Crippen LogP contribution in [0, 0.1) is 0 Å². The van der Waals surface area contributed by atoms with Gasteiger partial charge in [-0.1, -0.05) is 266 Å². The molecule has 0 aromatic rings. The molecule has 0 aliphatic rings. The molecule has 0 saturated heterocycles. The topological polar surface area (TPSA) is 78.9 Å². The van der Waals surface area contributed by atoms with Gasteiger partial charge in [0.15, 0.2) is 6.10 Å². The smallest absolute Gasteiger partial charge is 0.310 e. The zero-order chi connectivity index (χ0) is 52.2. The average Bonchev–Trinajstić information content (AvgIpc) is 3.38. The van der Waals surface area contributed by atoms with E-state index in [1.807, 2.05) is 6.08 Å². The number of hydrogen-bond acceptors (Lipinski definition) is 6. The van der Waals surface area contributed by atoms with Gasteiger partial charge in [-0.2, -0.15) is 0 Å². The van der Waals surface area contributed by atoms with E-state index in [2.05, 4.69) is 106 Å². The van der Waals surface area contributed by atoms with Crippen molar-refractivity contribution in [2.75, 3.05) is 13.2 Å². The fourth-order valence-electron chi connectivity index (χ4n) is 8.29. The lowest BCUT2D eigenvalue weighted by atomic mass is 10.0. The standard InChI is InChI=1S/C66H112O6/c1-4-7-10-13-16-19-22-25-28-29-30-31-32-33-34-35-36-37-39-41-44-47-50-53-56-59-65(68)71-62-63(61-70-64(67)58-55-52-49-46-43-40-27-24-21-18-15-12-9-6-3)72-66(69)60-57-54-51-48-45-42-38-26-23-20-17-14-11-8-5-2/h8,11,15,17-18,20,24,26-27,29-30,38,45,48,54,57,63H,4-7,9-10,12-14,16,19,21-23,25,28,31-37,39-44,46-47,49-53,55-56,58-62H2,1-3H3/b11-8-,18-15-,20-17-,27-24-,30-29-,38-26-,48-45-,57-54-. The lowest BCUT2D eigenvalue weighted by Crippen LogP contribution is -2.30. The number of rotatable bonds is 54. The Morgan fingerprint density at radius 3 is 0.972 bits per heavy atom. The molecule has 1 atom stereocenters. The maximum atomic E-state index is 12.8. The molecule has 72 heavy (non-hydrogen) atoms. The molecule has 0 fully saturated rings. The van der Waals surface area contributed by atoms with E-state index in [4.69, 9.17) is 14.2 Å². The summed E-state index contributed by atoms with van der Waals surface area (Å²) in [5.74, 6) is -1.06. The number of unbranched alkanes of at least 4 members (excludes halogenated alkanes) is 28. The monoisotopic (exact) mass is 1000 g/mol. The summed E-state index contributed by atoms with van der Waals surface area (Å²) in [5.41, 5.74) is 0. The van der Waals surface area contributed by atoms with Gasteiger partial charge in [0, 0.05) is 12.8 Å². The number of esters is 3. The molecule has 0 aromatic heterocycles. The van der Waals surface area contributed by atoms with Gasteiger partial charge >= 0.3 is 17.9 Å². The minimum Gasteiger partial charge on any atom is -0.462 e. The van der Waals surface area contributed by atoms with Crippen molar-refractivity contribution in [3.8, 4) is 0 Å². The Hall–Kier alpha value is -3.67. The van der Waals surface area contributed by atoms with E-state index >= 15 is 0 Å². The maximum absolute atomic E-state index is 12.8. The molecule has 412 valence electrons. The number of hydrogen-bond donors (Lipinski definition) is 0. The Kier molecular flexibility index (Phi) is 56.8. The van der Waals surface area contributed by atoms with Crippen LogP contribution in [0.4, 0.5) is 0 Å². The predicted octanol–water partition coefficient (Wildman–Crippen LogP) is 20.5. The second kappa shape index (κ2) is 59.9. The summed E-state index contributed by atoms with van der Waals surface area (Å²) < 4.78 is 16.8. The van der Waals surface area contributed by atoms with Crippen LogP contribution in [0.25, 0.3) is 0 Å². The third-order valence-electron chi connectivity index (χ3n) is 12.8. The van der Waals surface area contributed by atoms with Gasteiger partial charge in [0.2, 0.25) is 0 Å². The van der Waals surface area contributed by atoms with Crippen molar-refractivity contribution in [2.45, 2.75) is 290 Å². The third-order valence-corrected chi connectivity index (χ3v) is 12.8. The molecule has 0 spiro atoms. The zero-order valence-corrected chi connectivity index (χ0v) is 47.2. The van der Waals surface area contributed by atoms with Crippen molar-refractivity contribution >= 4 is 17.9 Å². The average molecular weight is 1000 g/mol. The maximum Gasteiger partial charge on any atom is 0.310 e. The Morgan fingerprint density at radius 2 is 0.597 bits per heavy atom. The molecular formula is C66H112O6. The third kappa shape index (κ3) is 57.2. The Morgan fingerprint density at radius 1 is 0.306 bits per heavy atom. The van der Waals surface area contributed by atoms with E-state index in [0.29, 0.717) is 12.8 Å². The molecule has 0 radical (unpaired) electrons. The van der Waals surface area contributed by atoms with Crippen LogP contribution in [0.3, 0.4) is 0 Å². The van der Waals surface area contributed by atoms with Crippen LogP contribution in [0.2, 0.25) is 0 Å². The van der Waals surface area contributed by atoms with E-state index in [1.165, 1.54) is 148 Å². The van der Waals surface area contributed by atoms with E-state index in [9.17, 15) is 14.4 Å². The van der Waals surface area contributed by atoms with Gasteiger partial charge in [0.05, 0.1) is 6.42 Å².